The first-order valence-electron chi connectivity index (χ1n) is 16.9. The molecule has 2 saturated carbocycles. The maximum absolute atomic E-state index is 13.0. The average molecular weight is 619 g/mol. The van der Waals surface area contributed by atoms with E-state index in [1.54, 1.807) is 0 Å². The first kappa shape index (κ1) is 29.1. The molecule has 4 heterocycles. The van der Waals surface area contributed by atoms with Crippen LogP contribution in [0.5, 0.6) is 0 Å². The summed E-state index contributed by atoms with van der Waals surface area (Å²) in [5.41, 5.74) is 18.7. The van der Waals surface area contributed by atoms with Crippen LogP contribution in [-0.4, -0.2) is 66.7 Å². The van der Waals surface area contributed by atoms with E-state index in [1.165, 1.54) is 0 Å². The lowest BCUT2D eigenvalue weighted by molar-refractivity contribution is -0.134. The highest BCUT2D eigenvalue weighted by Gasteiger charge is 2.41. The molecule has 6 N–H and O–H groups in total. The number of carbonyl (C=O) groups excluding carboxylic acids is 2. The number of nitrogens with two attached hydrogens (primary N) is 2. The van der Waals surface area contributed by atoms with Gasteiger partial charge in [-0.2, -0.15) is 0 Å². The van der Waals surface area contributed by atoms with Crippen molar-refractivity contribution in [3.05, 3.63) is 72.6 Å². The van der Waals surface area contributed by atoms with Crippen LogP contribution in [0.25, 0.3) is 33.6 Å². The Bertz CT molecular complexity index is 1590. The van der Waals surface area contributed by atoms with E-state index in [0.29, 0.717) is 11.8 Å². The number of hydrogen-bond acceptors (Lipinski definition) is 6. The van der Waals surface area contributed by atoms with Crippen molar-refractivity contribution in [3.63, 3.8) is 0 Å². The smallest absolute Gasteiger partial charge is 0.240 e. The standard InChI is InChI=1S/C36H42N8O2/c37-31(25-13-14-25)35(45)43-17-1-3-29(43)33-39-19-27(41-33)23-9-5-21(6-10-23)22-7-11-24(12-8-22)28-20-40-34(42-28)30-4-2-18-44(30)36(46)32(38)26-15-16-26/h5-12,19-20,25-26,29-32H,1-4,13-18,37-38H2,(H,39,41)(H,40,42)/t29-,30?,31-,32-/m0/s1. The molecule has 2 aromatic heterocycles. The largest absolute Gasteiger partial charge is 0.340 e. The second kappa shape index (κ2) is 11.8. The Morgan fingerprint density at radius 2 is 0.978 bits per heavy atom. The van der Waals surface area contributed by atoms with Gasteiger partial charge in [0, 0.05) is 13.1 Å². The van der Waals surface area contributed by atoms with E-state index < -0.39 is 0 Å². The van der Waals surface area contributed by atoms with E-state index in [1.807, 2.05) is 22.2 Å². The molecule has 10 nitrogen and oxygen atoms in total. The third-order valence-corrected chi connectivity index (χ3v) is 10.4. The molecule has 0 spiro atoms. The van der Waals surface area contributed by atoms with Gasteiger partial charge in [-0.15, -0.1) is 0 Å². The molecule has 4 aromatic rings. The van der Waals surface area contributed by atoms with E-state index in [0.717, 1.165) is 110 Å². The van der Waals surface area contributed by atoms with Gasteiger partial charge in [0.05, 0.1) is 47.9 Å². The number of hydrogen-bond donors (Lipinski definition) is 4. The minimum Gasteiger partial charge on any atom is -0.340 e. The van der Waals surface area contributed by atoms with Crippen molar-refractivity contribution in [3.8, 4) is 33.6 Å². The van der Waals surface area contributed by atoms with E-state index in [-0.39, 0.29) is 36.0 Å². The highest BCUT2D eigenvalue weighted by atomic mass is 16.2. The van der Waals surface area contributed by atoms with Crippen molar-refractivity contribution >= 4 is 11.8 Å². The molecule has 8 rings (SSSR count). The van der Waals surface area contributed by atoms with E-state index in [2.05, 4.69) is 68.5 Å². The van der Waals surface area contributed by atoms with Crippen molar-refractivity contribution in [2.24, 2.45) is 23.3 Å². The van der Waals surface area contributed by atoms with Crippen LogP contribution in [-0.2, 0) is 9.59 Å². The minimum atomic E-state index is -0.385. The molecule has 46 heavy (non-hydrogen) atoms. The number of rotatable bonds is 9. The molecule has 4 atom stereocenters. The van der Waals surface area contributed by atoms with Crippen LogP contribution in [0, 0.1) is 11.8 Å². The molecule has 0 bridgehead atoms. The van der Waals surface area contributed by atoms with Crippen LogP contribution in [0.1, 0.15) is 75.1 Å². The maximum Gasteiger partial charge on any atom is 0.240 e. The van der Waals surface area contributed by atoms with Crippen LogP contribution >= 0.6 is 0 Å². The number of benzene rings is 2. The Morgan fingerprint density at radius 3 is 1.35 bits per heavy atom. The van der Waals surface area contributed by atoms with Crippen LogP contribution in [0.3, 0.4) is 0 Å². The molecule has 2 aliphatic heterocycles. The molecule has 1 unspecified atom stereocenters. The lowest BCUT2D eigenvalue weighted by Gasteiger charge is -2.26. The summed E-state index contributed by atoms with van der Waals surface area (Å²) in [5, 5.41) is 0. The van der Waals surface area contributed by atoms with Crippen LogP contribution in [0.2, 0.25) is 0 Å². The molecule has 2 aromatic carbocycles. The number of nitrogens with zero attached hydrogens (tertiary/aromatic N) is 4. The predicted octanol–water partition coefficient (Wildman–Crippen LogP) is 4.94. The maximum atomic E-state index is 13.0. The fourth-order valence-electron chi connectivity index (χ4n) is 7.32. The van der Waals surface area contributed by atoms with Gasteiger partial charge in [0.2, 0.25) is 11.8 Å². The SMILES string of the molecule is N[C@H](C(=O)N1CCCC1c1ncc(-c2ccc(-c3ccc(-c4cnc([C@@H]5CCCN5C(=O)[C@@H](N)C5CC5)[nH]4)cc3)cc2)[nH]1)C1CC1. The number of carbonyl (C=O) groups is 2. The molecule has 10 heteroatoms. The Morgan fingerprint density at radius 1 is 0.609 bits per heavy atom. The number of amides is 2. The Kier molecular flexibility index (Phi) is 7.49. The molecule has 0 radical (unpaired) electrons. The first-order valence-corrected chi connectivity index (χ1v) is 16.9. The van der Waals surface area contributed by atoms with Crippen LogP contribution < -0.4 is 11.5 Å². The quantitative estimate of drug-likeness (QED) is 0.209. The summed E-state index contributed by atoms with van der Waals surface area (Å²) in [5.74, 6) is 2.48. The number of H-pyrrole nitrogens is 2. The lowest BCUT2D eigenvalue weighted by atomic mass is 10.0. The van der Waals surface area contributed by atoms with Gasteiger partial charge in [-0.05, 0) is 85.5 Å². The van der Waals surface area contributed by atoms with Gasteiger partial charge in [-0.3, -0.25) is 9.59 Å². The topological polar surface area (TPSA) is 150 Å². The number of aromatic amines is 2. The van der Waals surface area contributed by atoms with Crippen molar-refractivity contribution in [1.82, 2.24) is 29.7 Å². The minimum absolute atomic E-state index is 0.0417. The van der Waals surface area contributed by atoms with Gasteiger partial charge in [-0.25, -0.2) is 9.97 Å². The zero-order valence-corrected chi connectivity index (χ0v) is 26.1. The summed E-state index contributed by atoms with van der Waals surface area (Å²) in [4.78, 5) is 46.2. The van der Waals surface area contributed by atoms with Gasteiger partial charge in [0.25, 0.3) is 0 Å². The van der Waals surface area contributed by atoms with Crippen molar-refractivity contribution < 1.29 is 9.59 Å². The molecular formula is C36H42N8O2. The average Bonchev–Trinajstić information content (AvgIpc) is 3.83. The van der Waals surface area contributed by atoms with Gasteiger partial charge < -0.3 is 31.2 Å². The highest BCUT2D eigenvalue weighted by Crippen LogP contribution is 2.38. The number of imidazole rings is 2. The highest BCUT2D eigenvalue weighted by molar-refractivity contribution is 5.83. The monoisotopic (exact) mass is 618 g/mol. The second-order valence-electron chi connectivity index (χ2n) is 13.6. The molecule has 2 amide bonds. The third-order valence-electron chi connectivity index (χ3n) is 10.4. The normalized spacial score (nSPS) is 22.7. The van der Waals surface area contributed by atoms with Crippen molar-refractivity contribution in [1.29, 1.82) is 0 Å². The van der Waals surface area contributed by atoms with E-state index >= 15 is 0 Å². The molecular weight excluding hydrogens is 576 g/mol. The van der Waals surface area contributed by atoms with Gasteiger partial charge in [-0.1, -0.05) is 48.5 Å². The molecule has 4 fully saturated rings. The molecule has 4 aliphatic rings. The molecule has 2 saturated heterocycles. The van der Waals surface area contributed by atoms with Gasteiger partial charge in [0.1, 0.15) is 11.6 Å². The summed E-state index contributed by atoms with van der Waals surface area (Å²) < 4.78 is 0. The summed E-state index contributed by atoms with van der Waals surface area (Å²) in [6.45, 7) is 1.48. The Balaban J connectivity index is 0.927. The summed E-state index contributed by atoms with van der Waals surface area (Å²) in [6, 6.07) is 16.0. The lowest BCUT2D eigenvalue weighted by Crippen LogP contribution is -2.44. The van der Waals surface area contributed by atoms with E-state index in [9.17, 15) is 9.59 Å². The fourth-order valence-corrected chi connectivity index (χ4v) is 7.32. The zero-order chi connectivity index (χ0) is 31.4. The van der Waals surface area contributed by atoms with Gasteiger partial charge in [0.15, 0.2) is 0 Å². The first-order chi connectivity index (χ1) is 22.4. The number of likely N-dealkylation sites (tertiary alicyclic amines) is 2. The van der Waals surface area contributed by atoms with Crippen LogP contribution in [0.15, 0.2) is 60.9 Å². The number of aromatic nitrogens is 4. The fraction of sp³-hybridized carbons (Fsp3) is 0.444. The van der Waals surface area contributed by atoms with Crippen LogP contribution in [0.4, 0.5) is 0 Å². The third kappa shape index (κ3) is 5.54. The van der Waals surface area contributed by atoms with Crippen molar-refractivity contribution in [2.75, 3.05) is 13.1 Å². The molecule has 238 valence electrons. The summed E-state index contributed by atoms with van der Waals surface area (Å²) in [6.07, 6.45) is 11.7. The van der Waals surface area contributed by atoms with E-state index in [4.69, 9.17) is 11.5 Å². The Hall–Kier alpha value is -4.28. The van der Waals surface area contributed by atoms with Gasteiger partial charge >= 0.3 is 0 Å². The van der Waals surface area contributed by atoms with Crippen molar-refractivity contribution in [2.45, 2.75) is 75.5 Å². The number of nitrogens with one attached hydrogen (secondary N) is 2. The summed E-state index contributed by atoms with van der Waals surface area (Å²) >= 11 is 0. The Labute approximate surface area is 269 Å². The molecule has 2 aliphatic carbocycles. The predicted molar refractivity (Wildman–Crippen MR) is 176 cm³/mol. The zero-order valence-electron chi connectivity index (χ0n) is 26.1. The summed E-state index contributed by atoms with van der Waals surface area (Å²) in [7, 11) is 0. The second-order valence-corrected chi connectivity index (χ2v) is 13.6.